The number of halogens is 2. The van der Waals surface area contributed by atoms with Crippen molar-refractivity contribution in [1.82, 2.24) is 9.80 Å². The molecule has 1 heterocycles. The molecule has 1 aliphatic heterocycles. The molecule has 2 aromatic carbocycles. The van der Waals surface area contributed by atoms with Gasteiger partial charge in [-0.05, 0) is 37.4 Å². The molecule has 6 nitrogen and oxygen atoms in total. The molecule has 0 aliphatic carbocycles. The van der Waals surface area contributed by atoms with Crippen molar-refractivity contribution >= 4 is 21.6 Å². The van der Waals surface area contributed by atoms with Gasteiger partial charge >= 0.3 is 0 Å². The number of carbonyl (C=O) groups is 1. The predicted octanol–water partition coefficient (Wildman–Crippen LogP) is 2.15. The second-order valence-corrected chi connectivity index (χ2v) is 7.98. The molecule has 3 rings (SSSR count). The molecular weight excluding hydrogens is 376 g/mol. The molecule has 0 aromatic heterocycles. The number of piperazine rings is 1. The maximum atomic E-state index is 14.2. The zero-order chi connectivity index (χ0) is 19.6. The van der Waals surface area contributed by atoms with Crippen LogP contribution in [-0.2, 0) is 10.0 Å². The number of amides is 1. The van der Waals surface area contributed by atoms with Crippen LogP contribution in [0.25, 0.3) is 0 Å². The fraction of sp³-hybridized carbons (Fsp3) is 0.278. The Labute approximate surface area is 156 Å². The van der Waals surface area contributed by atoms with E-state index in [4.69, 9.17) is 0 Å². The molecule has 1 N–H and O–H groups in total. The van der Waals surface area contributed by atoms with Gasteiger partial charge in [0, 0.05) is 31.9 Å². The number of anilines is 1. The van der Waals surface area contributed by atoms with Crippen LogP contribution in [0.5, 0.6) is 0 Å². The summed E-state index contributed by atoms with van der Waals surface area (Å²) < 4.78 is 54.9. The van der Waals surface area contributed by atoms with Gasteiger partial charge in [-0.2, -0.15) is 0 Å². The molecule has 0 spiro atoms. The van der Waals surface area contributed by atoms with Gasteiger partial charge in [0.2, 0.25) is 0 Å². The maximum absolute atomic E-state index is 14.2. The third-order valence-corrected chi connectivity index (χ3v) is 5.78. The Morgan fingerprint density at radius 1 is 1.00 bits per heavy atom. The molecule has 2 aromatic rings. The number of likely N-dealkylation sites (N-methyl/N-ethyl adjacent to an activating group) is 1. The van der Waals surface area contributed by atoms with E-state index in [0.717, 1.165) is 24.3 Å². The van der Waals surface area contributed by atoms with Crippen LogP contribution >= 0.6 is 0 Å². The minimum atomic E-state index is -4.21. The van der Waals surface area contributed by atoms with Crippen LogP contribution in [0.15, 0.2) is 47.4 Å². The summed E-state index contributed by atoms with van der Waals surface area (Å²) in [5, 5.41) is 0. The number of nitrogens with zero attached hydrogens (tertiary/aromatic N) is 2. The first-order chi connectivity index (χ1) is 12.8. The topological polar surface area (TPSA) is 69.7 Å². The summed E-state index contributed by atoms with van der Waals surface area (Å²) in [7, 11) is -2.28. The summed E-state index contributed by atoms with van der Waals surface area (Å²) in [6.45, 7) is 2.26. The molecule has 0 atom stereocenters. The first-order valence-electron chi connectivity index (χ1n) is 8.32. The highest BCUT2D eigenvalue weighted by Crippen LogP contribution is 2.22. The van der Waals surface area contributed by atoms with E-state index in [1.165, 1.54) is 23.1 Å². The molecule has 0 unspecified atom stereocenters. The monoisotopic (exact) mass is 395 g/mol. The molecule has 1 amide bonds. The average Bonchev–Trinajstić information content (AvgIpc) is 2.63. The van der Waals surface area contributed by atoms with Gasteiger partial charge in [0.25, 0.3) is 15.9 Å². The smallest absolute Gasteiger partial charge is 0.264 e. The molecule has 1 fully saturated rings. The van der Waals surface area contributed by atoms with Crippen molar-refractivity contribution in [3.05, 3.63) is 59.7 Å². The van der Waals surface area contributed by atoms with Gasteiger partial charge in [0.1, 0.15) is 16.5 Å². The van der Waals surface area contributed by atoms with E-state index < -0.39 is 32.5 Å². The number of rotatable bonds is 4. The third kappa shape index (κ3) is 4.25. The van der Waals surface area contributed by atoms with E-state index in [0.29, 0.717) is 26.2 Å². The van der Waals surface area contributed by atoms with Gasteiger partial charge < -0.3 is 9.80 Å². The molecule has 0 radical (unpaired) electrons. The highest BCUT2D eigenvalue weighted by atomic mass is 32.2. The van der Waals surface area contributed by atoms with Gasteiger partial charge in [0.05, 0.1) is 5.56 Å². The SMILES string of the molecule is CN1CCN(C(=O)c2cc(NS(=O)(=O)c3ccccc3F)ccc2F)CC1. The second-order valence-electron chi connectivity index (χ2n) is 6.33. The Morgan fingerprint density at radius 2 is 1.67 bits per heavy atom. The van der Waals surface area contributed by atoms with E-state index >= 15 is 0 Å². The quantitative estimate of drug-likeness (QED) is 0.861. The van der Waals surface area contributed by atoms with Crippen LogP contribution in [0, 0.1) is 11.6 Å². The van der Waals surface area contributed by atoms with Gasteiger partial charge in [-0.3, -0.25) is 9.52 Å². The lowest BCUT2D eigenvalue weighted by Crippen LogP contribution is -2.47. The van der Waals surface area contributed by atoms with Crippen molar-refractivity contribution in [2.45, 2.75) is 4.90 Å². The zero-order valence-corrected chi connectivity index (χ0v) is 15.5. The molecular formula is C18H19F2N3O3S. The Hall–Kier alpha value is -2.52. The Kier molecular flexibility index (Phi) is 5.43. The third-order valence-electron chi connectivity index (χ3n) is 4.37. The molecule has 1 aliphatic rings. The molecule has 144 valence electrons. The van der Waals surface area contributed by atoms with Crippen molar-refractivity contribution in [2.75, 3.05) is 37.9 Å². The van der Waals surface area contributed by atoms with E-state index in [9.17, 15) is 22.0 Å². The number of carbonyl (C=O) groups excluding carboxylic acids is 1. The summed E-state index contributed by atoms with van der Waals surface area (Å²) >= 11 is 0. The number of sulfonamides is 1. The minimum absolute atomic E-state index is 0.0165. The number of benzene rings is 2. The Balaban J connectivity index is 1.85. The van der Waals surface area contributed by atoms with E-state index in [1.807, 2.05) is 7.05 Å². The van der Waals surface area contributed by atoms with Crippen molar-refractivity contribution in [2.24, 2.45) is 0 Å². The lowest BCUT2D eigenvalue weighted by Gasteiger charge is -2.32. The number of hydrogen-bond acceptors (Lipinski definition) is 4. The van der Waals surface area contributed by atoms with E-state index in [-0.39, 0.29) is 11.3 Å². The lowest BCUT2D eigenvalue weighted by atomic mass is 10.1. The van der Waals surface area contributed by atoms with Crippen LogP contribution < -0.4 is 4.72 Å². The molecule has 1 saturated heterocycles. The van der Waals surface area contributed by atoms with E-state index in [2.05, 4.69) is 9.62 Å². The maximum Gasteiger partial charge on any atom is 0.264 e. The second kappa shape index (κ2) is 7.61. The van der Waals surface area contributed by atoms with Crippen molar-refractivity contribution in [3.8, 4) is 0 Å². The molecule has 0 bridgehead atoms. The van der Waals surface area contributed by atoms with Gasteiger partial charge in [-0.1, -0.05) is 12.1 Å². The summed E-state index contributed by atoms with van der Waals surface area (Å²) in [5.41, 5.74) is -0.245. The number of hydrogen-bond donors (Lipinski definition) is 1. The normalized spacial score (nSPS) is 15.6. The molecule has 9 heteroatoms. The van der Waals surface area contributed by atoms with E-state index in [1.54, 1.807) is 0 Å². The van der Waals surface area contributed by atoms with Gasteiger partial charge in [0.15, 0.2) is 0 Å². The average molecular weight is 395 g/mol. The summed E-state index contributed by atoms with van der Waals surface area (Å²) in [6, 6.07) is 8.26. The highest BCUT2D eigenvalue weighted by molar-refractivity contribution is 7.92. The predicted molar refractivity (Wildman–Crippen MR) is 97.0 cm³/mol. The van der Waals surface area contributed by atoms with Crippen LogP contribution in [0.1, 0.15) is 10.4 Å². The zero-order valence-electron chi connectivity index (χ0n) is 14.7. The first-order valence-corrected chi connectivity index (χ1v) is 9.81. The summed E-state index contributed by atoms with van der Waals surface area (Å²) in [4.78, 5) is 15.6. The number of nitrogens with one attached hydrogen (secondary N) is 1. The highest BCUT2D eigenvalue weighted by Gasteiger charge is 2.24. The van der Waals surface area contributed by atoms with Crippen molar-refractivity contribution in [3.63, 3.8) is 0 Å². The van der Waals surface area contributed by atoms with Crippen LogP contribution in [0.4, 0.5) is 14.5 Å². The fourth-order valence-electron chi connectivity index (χ4n) is 2.81. The largest absolute Gasteiger partial charge is 0.336 e. The van der Waals surface area contributed by atoms with Gasteiger partial charge in [-0.15, -0.1) is 0 Å². The first kappa shape index (κ1) is 19.2. The van der Waals surface area contributed by atoms with Crippen molar-refractivity contribution < 1.29 is 22.0 Å². The Morgan fingerprint density at radius 3 is 2.33 bits per heavy atom. The minimum Gasteiger partial charge on any atom is -0.336 e. The lowest BCUT2D eigenvalue weighted by molar-refractivity contribution is 0.0659. The fourth-order valence-corrected chi connectivity index (χ4v) is 3.94. The summed E-state index contributed by atoms with van der Waals surface area (Å²) in [5.74, 6) is -2.15. The standard InChI is InChI=1S/C18H19F2N3O3S/c1-22-8-10-23(11-9-22)18(24)14-12-13(6-7-15(14)19)21-27(25,26)17-5-3-2-4-16(17)20/h2-7,12,21H,8-11H2,1H3. The molecule has 0 saturated carbocycles. The van der Waals surface area contributed by atoms with Crippen LogP contribution in [0.3, 0.4) is 0 Å². The van der Waals surface area contributed by atoms with Crippen molar-refractivity contribution in [1.29, 1.82) is 0 Å². The Bertz CT molecular complexity index is 958. The van der Waals surface area contributed by atoms with Crippen LogP contribution in [-0.4, -0.2) is 57.4 Å². The van der Waals surface area contributed by atoms with Gasteiger partial charge in [-0.25, -0.2) is 17.2 Å². The van der Waals surface area contributed by atoms with Crippen LogP contribution in [0.2, 0.25) is 0 Å². The summed E-state index contributed by atoms with van der Waals surface area (Å²) in [6.07, 6.45) is 0. The molecule has 27 heavy (non-hydrogen) atoms.